The van der Waals surface area contributed by atoms with Gasteiger partial charge < -0.3 is 14.6 Å². The van der Waals surface area contributed by atoms with Crippen LogP contribution in [0, 0.1) is 6.92 Å². The van der Waals surface area contributed by atoms with E-state index in [-0.39, 0.29) is 17.3 Å². The zero-order chi connectivity index (χ0) is 22.4. The highest BCUT2D eigenvalue weighted by Crippen LogP contribution is 2.23. The molecule has 1 amide bonds. The summed E-state index contributed by atoms with van der Waals surface area (Å²) in [5.41, 5.74) is 2.66. The van der Waals surface area contributed by atoms with Crippen molar-refractivity contribution in [1.82, 2.24) is 9.88 Å². The zero-order valence-electron chi connectivity index (χ0n) is 17.4. The molecule has 9 heteroatoms. The van der Waals surface area contributed by atoms with Crippen LogP contribution in [0.15, 0.2) is 57.9 Å². The van der Waals surface area contributed by atoms with Crippen LogP contribution in [0.5, 0.6) is 5.75 Å². The molecule has 31 heavy (non-hydrogen) atoms. The summed E-state index contributed by atoms with van der Waals surface area (Å²) in [6.45, 7) is 3.30. The number of carbonyl (C=O) groups excluding carboxylic acids is 1. The Labute approximate surface area is 181 Å². The number of sulfonamides is 1. The second-order valence-corrected chi connectivity index (χ2v) is 8.53. The van der Waals surface area contributed by atoms with Crippen molar-refractivity contribution in [3.8, 4) is 5.75 Å². The van der Waals surface area contributed by atoms with Crippen molar-refractivity contribution in [2.75, 3.05) is 12.4 Å². The first-order valence-electron chi connectivity index (χ1n) is 9.43. The van der Waals surface area contributed by atoms with Gasteiger partial charge in [-0.2, -0.15) is 0 Å². The number of carbonyl (C=O) groups is 1. The van der Waals surface area contributed by atoms with Crippen LogP contribution in [-0.4, -0.2) is 26.6 Å². The lowest BCUT2D eigenvalue weighted by molar-refractivity contribution is -0.114. The van der Waals surface area contributed by atoms with Crippen LogP contribution in [0.3, 0.4) is 0 Å². The van der Waals surface area contributed by atoms with Crippen molar-refractivity contribution in [2.24, 2.45) is 0 Å². The predicted octanol–water partition coefficient (Wildman–Crippen LogP) is 3.60. The summed E-state index contributed by atoms with van der Waals surface area (Å²) >= 11 is 0. The summed E-state index contributed by atoms with van der Waals surface area (Å²) in [5, 5.41) is 6.53. The molecular weight excluding hydrogens is 418 g/mol. The van der Waals surface area contributed by atoms with E-state index in [2.05, 4.69) is 15.2 Å². The Kier molecular flexibility index (Phi) is 6.88. The highest BCUT2D eigenvalue weighted by atomic mass is 32.2. The lowest BCUT2D eigenvalue weighted by Gasteiger charge is -2.08. The van der Waals surface area contributed by atoms with E-state index in [4.69, 9.17) is 9.26 Å². The van der Waals surface area contributed by atoms with Gasteiger partial charge in [-0.25, -0.2) is 13.1 Å². The number of hydrogen-bond donors (Lipinski definition) is 2. The monoisotopic (exact) mass is 441 g/mol. The third kappa shape index (κ3) is 5.80. The van der Waals surface area contributed by atoms with Crippen molar-refractivity contribution < 1.29 is 22.5 Å². The smallest absolute Gasteiger partial charge is 0.240 e. The molecule has 1 heterocycles. The first kappa shape index (κ1) is 22.3. The molecule has 0 atom stereocenters. The van der Waals surface area contributed by atoms with Crippen LogP contribution in [0.1, 0.15) is 29.5 Å². The molecule has 0 unspecified atom stereocenters. The maximum absolute atomic E-state index is 12.6. The van der Waals surface area contributed by atoms with E-state index in [1.54, 1.807) is 62.6 Å². The van der Waals surface area contributed by atoms with Crippen LogP contribution in [-0.2, 0) is 21.4 Å². The van der Waals surface area contributed by atoms with Crippen LogP contribution in [0.2, 0.25) is 0 Å². The SMILES string of the molecule is COc1ccc(CNS(=O)(=O)c2ccc(/C=C\c3onc(C)c3NC(C)=O)cc2)cc1. The number of anilines is 1. The fourth-order valence-corrected chi connectivity index (χ4v) is 3.78. The van der Waals surface area contributed by atoms with Gasteiger partial charge in [0.15, 0.2) is 5.76 Å². The van der Waals surface area contributed by atoms with Crippen molar-refractivity contribution in [3.63, 3.8) is 0 Å². The van der Waals surface area contributed by atoms with Gasteiger partial charge in [0, 0.05) is 13.5 Å². The Hall–Kier alpha value is -3.43. The molecule has 1 aromatic heterocycles. The minimum atomic E-state index is -3.66. The summed E-state index contributed by atoms with van der Waals surface area (Å²) in [6.07, 6.45) is 3.41. The molecule has 0 fully saturated rings. The molecule has 0 aliphatic heterocycles. The maximum Gasteiger partial charge on any atom is 0.240 e. The highest BCUT2D eigenvalue weighted by Gasteiger charge is 2.14. The van der Waals surface area contributed by atoms with E-state index in [0.717, 1.165) is 11.1 Å². The van der Waals surface area contributed by atoms with E-state index < -0.39 is 10.0 Å². The highest BCUT2D eigenvalue weighted by molar-refractivity contribution is 7.89. The number of amides is 1. The maximum atomic E-state index is 12.6. The summed E-state index contributed by atoms with van der Waals surface area (Å²) in [7, 11) is -2.08. The summed E-state index contributed by atoms with van der Waals surface area (Å²) in [4.78, 5) is 11.5. The molecule has 0 radical (unpaired) electrons. The van der Waals surface area contributed by atoms with E-state index in [1.807, 2.05) is 0 Å². The van der Waals surface area contributed by atoms with Gasteiger partial charge >= 0.3 is 0 Å². The molecule has 0 aliphatic rings. The summed E-state index contributed by atoms with van der Waals surface area (Å²) in [6, 6.07) is 13.6. The molecule has 162 valence electrons. The minimum Gasteiger partial charge on any atom is -0.497 e. The summed E-state index contributed by atoms with van der Waals surface area (Å²) in [5.74, 6) is 0.892. The third-order valence-electron chi connectivity index (χ3n) is 4.43. The number of methoxy groups -OCH3 is 1. The second kappa shape index (κ2) is 9.59. The number of rotatable bonds is 8. The molecule has 0 bridgehead atoms. The topological polar surface area (TPSA) is 111 Å². The average Bonchev–Trinajstić information content (AvgIpc) is 3.10. The molecule has 3 rings (SSSR count). The summed E-state index contributed by atoms with van der Waals surface area (Å²) < 4.78 is 38.0. The number of hydrogen-bond acceptors (Lipinski definition) is 6. The molecule has 0 saturated carbocycles. The lowest BCUT2D eigenvalue weighted by Crippen LogP contribution is -2.23. The first-order chi connectivity index (χ1) is 14.8. The van der Waals surface area contributed by atoms with Crippen LogP contribution >= 0.6 is 0 Å². The van der Waals surface area contributed by atoms with Gasteiger partial charge in [0.25, 0.3) is 0 Å². The Balaban J connectivity index is 1.67. The van der Waals surface area contributed by atoms with Gasteiger partial charge in [0.1, 0.15) is 17.1 Å². The van der Waals surface area contributed by atoms with Gasteiger partial charge in [-0.05, 0) is 48.4 Å². The predicted molar refractivity (Wildman–Crippen MR) is 118 cm³/mol. The quantitative estimate of drug-likeness (QED) is 0.553. The average molecular weight is 442 g/mol. The lowest BCUT2D eigenvalue weighted by atomic mass is 10.2. The second-order valence-electron chi connectivity index (χ2n) is 6.76. The normalized spacial score (nSPS) is 11.6. The van der Waals surface area contributed by atoms with Crippen LogP contribution in [0.25, 0.3) is 12.2 Å². The largest absolute Gasteiger partial charge is 0.497 e. The molecule has 0 aliphatic carbocycles. The molecule has 2 N–H and O–H groups in total. The Bertz CT molecular complexity index is 1180. The van der Waals surface area contributed by atoms with Crippen molar-refractivity contribution >= 4 is 33.8 Å². The minimum absolute atomic E-state index is 0.160. The molecule has 8 nitrogen and oxygen atoms in total. The van der Waals surface area contributed by atoms with Crippen molar-refractivity contribution in [2.45, 2.75) is 25.3 Å². The fraction of sp³-hybridized carbons (Fsp3) is 0.182. The first-order valence-corrected chi connectivity index (χ1v) is 10.9. The number of ether oxygens (including phenoxy) is 1. The molecule has 0 saturated heterocycles. The Morgan fingerprint density at radius 3 is 2.39 bits per heavy atom. The van der Waals surface area contributed by atoms with Gasteiger partial charge in [0.05, 0.1) is 12.0 Å². The number of aryl methyl sites for hydroxylation is 1. The molecule has 0 spiro atoms. The van der Waals surface area contributed by atoms with Gasteiger partial charge in [-0.1, -0.05) is 35.5 Å². The Morgan fingerprint density at radius 2 is 1.77 bits per heavy atom. The molecular formula is C22H23N3O5S. The zero-order valence-corrected chi connectivity index (χ0v) is 18.2. The number of nitrogens with one attached hydrogen (secondary N) is 2. The van der Waals surface area contributed by atoms with Gasteiger partial charge in [0.2, 0.25) is 15.9 Å². The van der Waals surface area contributed by atoms with E-state index in [9.17, 15) is 13.2 Å². The van der Waals surface area contributed by atoms with Gasteiger partial charge in [-0.15, -0.1) is 0 Å². The van der Waals surface area contributed by atoms with E-state index in [1.165, 1.54) is 19.1 Å². The Morgan fingerprint density at radius 1 is 1.10 bits per heavy atom. The van der Waals surface area contributed by atoms with Crippen molar-refractivity contribution in [3.05, 3.63) is 71.1 Å². The number of benzene rings is 2. The van der Waals surface area contributed by atoms with E-state index >= 15 is 0 Å². The fourth-order valence-electron chi connectivity index (χ4n) is 2.76. The van der Waals surface area contributed by atoms with Crippen LogP contribution in [0.4, 0.5) is 5.69 Å². The van der Waals surface area contributed by atoms with Crippen molar-refractivity contribution in [1.29, 1.82) is 0 Å². The number of aromatic nitrogens is 1. The third-order valence-corrected chi connectivity index (χ3v) is 5.85. The number of nitrogens with zero attached hydrogens (tertiary/aromatic N) is 1. The molecule has 3 aromatic rings. The standard InChI is InChI=1S/C22H23N3O5S/c1-15-22(24-16(2)26)21(30-25-15)13-8-17-6-11-20(12-7-17)31(27,28)23-14-18-4-9-19(29-3)10-5-18/h4-13,23H,14H2,1-3H3,(H,24,26)/b13-8-. The van der Waals surface area contributed by atoms with E-state index in [0.29, 0.717) is 22.9 Å². The van der Waals surface area contributed by atoms with Crippen LogP contribution < -0.4 is 14.8 Å². The molecule has 2 aromatic carbocycles. The van der Waals surface area contributed by atoms with Gasteiger partial charge in [-0.3, -0.25) is 4.79 Å².